The fourth-order valence-electron chi connectivity index (χ4n) is 1.81. The van der Waals surface area contributed by atoms with Gasteiger partial charge in [-0.15, -0.1) is 13.2 Å². The lowest BCUT2D eigenvalue weighted by atomic mass is 10.3. The van der Waals surface area contributed by atoms with Crippen LogP contribution in [0.15, 0.2) is 34.9 Å². The number of benzene rings is 1. The molecule has 1 heterocycles. The maximum absolute atomic E-state index is 12.2. The average molecular weight is 364 g/mol. The minimum absolute atomic E-state index is 0.230. The molecule has 1 N–H and O–H groups in total. The van der Waals surface area contributed by atoms with E-state index in [2.05, 4.69) is 31.1 Å². The molecule has 1 aromatic carbocycles. The van der Waals surface area contributed by atoms with Crippen molar-refractivity contribution in [3.8, 4) is 5.75 Å². The summed E-state index contributed by atoms with van der Waals surface area (Å²) in [5.41, 5.74) is 1.67. The van der Waals surface area contributed by atoms with Gasteiger partial charge in [-0.1, -0.05) is 0 Å². The van der Waals surface area contributed by atoms with Crippen LogP contribution in [0.3, 0.4) is 0 Å². The largest absolute Gasteiger partial charge is 0.573 e. The number of hydrogen-bond donors (Lipinski definition) is 1. The van der Waals surface area contributed by atoms with Crippen molar-refractivity contribution in [1.82, 2.24) is 9.78 Å². The zero-order chi connectivity index (χ0) is 15.5. The molecule has 2 rings (SSSR count). The Bertz CT molecular complexity index is 613. The second-order valence-corrected chi connectivity index (χ2v) is 5.04. The van der Waals surface area contributed by atoms with Gasteiger partial charge in [-0.3, -0.25) is 4.68 Å². The van der Waals surface area contributed by atoms with E-state index in [4.69, 9.17) is 0 Å². The maximum Gasteiger partial charge on any atom is 0.573 e. The standard InChI is InChI=1S/C13H13BrF3N3O/c1-2-20-10(5-6-19-20)8-18-9-3-4-12(11(14)7-9)21-13(15,16)17/h3-7,18H,2,8H2,1H3. The summed E-state index contributed by atoms with van der Waals surface area (Å²) in [5, 5.41) is 7.27. The highest BCUT2D eigenvalue weighted by atomic mass is 79.9. The Morgan fingerprint density at radius 3 is 2.71 bits per heavy atom. The van der Waals surface area contributed by atoms with Crippen LogP contribution < -0.4 is 10.1 Å². The zero-order valence-electron chi connectivity index (χ0n) is 11.1. The molecule has 8 heteroatoms. The smallest absolute Gasteiger partial charge is 0.405 e. The molecule has 0 saturated carbocycles. The first-order valence-corrected chi connectivity index (χ1v) is 6.98. The minimum atomic E-state index is -4.70. The van der Waals surface area contributed by atoms with E-state index in [1.165, 1.54) is 18.2 Å². The van der Waals surface area contributed by atoms with Gasteiger partial charge in [0.15, 0.2) is 0 Å². The van der Waals surface area contributed by atoms with E-state index in [0.29, 0.717) is 12.2 Å². The Kier molecular flexibility index (Phi) is 4.76. The monoisotopic (exact) mass is 363 g/mol. The van der Waals surface area contributed by atoms with E-state index in [1.807, 2.05) is 17.7 Å². The number of aromatic nitrogens is 2. The molecule has 4 nitrogen and oxygen atoms in total. The quantitative estimate of drug-likeness (QED) is 0.866. The third-order valence-electron chi connectivity index (χ3n) is 2.74. The van der Waals surface area contributed by atoms with Crippen LogP contribution in [0.25, 0.3) is 0 Å². The van der Waals surface area contributed by atoms with Crippen molar-refractivity contribution in [1.29, 1.82) is 0 Å². The van der Waals surface area contributed by atoms with Crippen LogP contribution in [0.2, 0.25) is 0 Å². The van der Waals surface area contributed by atoms with Gasteiger partial charge in [0.05, 0.1) is 16.7 Å². The Labute approximate surface area is 128 Å². The van der Waals surface area contributed by atoms with Crippen LogP contribution in [0.5, 0.6) is 5.75 Å². The summed E-state index contributed by atoms with van der Waals surface area (Å²) < 4.78 is 42.5. The van der Waals surface area contributed by atoms with Gasteiger partial charge in [0.1, 0.15) is 5.75 Å². The molecule has 1 aromatic heterocycles. The number of aryl methyl sites for hydroxylation is 1. The Balaban J connectivity index is 2.03. The summed E-state index contributed by atoms with van der Waals surface area (Å²) in [6.07, 6.45) is -3.00. The lowest BCUT2D eigenvalue weighted by Crippen LogP contribution is -2.17. The van der Waals surface area contributed by atoms with Crippen molar-refractivity contribution in [2.24, 2.45) is 0 Å². The molecular formula is C13H13BrF3N3O. The summed E-state index contributed by atoms with van der Waals surface area (Å²) in [5.74, 6) is -0.272. The highest BCUT2D eigenvalue weighted by Gasteiger charge is 2.31. The van der Waals surface area contributed by atoms with Gasteiger partial charge >= 0.3 is 6.36 Å². The van der Waals surface area contributed by atoms with Gasteiger partial charge < -0.3 is 10.1 Å². The SMILES string of the molecule is CCn1nccc1CNc1ccc(OC(F)(F)F)c(Br)c1. The van der Waals surface area contributed by atoms with Gasteiger partial charge in [-0.05, 0) is 47.1 Å². The molecule has 114 valence electrons. The number of halogens is 4. The number of nitrogens with zero attached hydrogens (tertiary/aromatic N) is 2. The van der Waals surface area contributed by atoms with Crippen molar-refractivity contribution in [3.63, 3.8) is 0 Å². The highest BCUT2D eigenvalue weighted by molar-refractivity contribution is 9.10. The third kappa shape index (κ3) is 4.38. The first-order valence-electron chi connectivity index (χ1n) is 6.19. The Hall–Kier alpha value is -1.70. The third-order valence-corrected chi connectivity index (χ3v) is 3.35. The number of rotatable bonds is 5. The zero-order valence-corrected chi connectivity index (χ0v) is 12.7. The molecule has 0 saturated heterocycles. The summed E-state index contributed by atoms with van der Waals surface area (Å²) in [7, 11) is 0. The van der Waals surface area contributed by atoms with E-state index in [-0.39, 0.29) is 10.2 Å². The van der Waals surface area contributed by atoms with Gasteiger partial charge in [-0.2, -0.15) is 5.10 Å². The fraction of sp³-hybridized carbons (Fsp3) is 0.308. The normalized spacial score (nSPS) is 11.5. The topological polar surface area (TPSA) is 39.1 Å². The number of alkyl halides is 3. The van der Waals surface area contributed by atoms with Crippen molar-refractivity contribution in [2.45, 2.75) is 26.4 Å². The first-order chi connectivity index (χ1) is 9.89. The molecule has 0 aliphatic rings. The molecule has 2 aromatic rings. The molecule has 0 fully saturated rings. The summed E-state index contributed by atoms with van der Waals surface area (Å²) in [6, 6.07) is 6.20. The maximum atomic E-state index is 12.2. The van der Waals surface area contributed by atoms with Crippen molar-refractivity contribution >= 4 is 21.6 Å². The molecular weight excluding hydrogens is 351 g/mol. The van der Waals surface area contributed by atoms with E-state index in [1.54, 1.807) is 6.20 Å². The van der Waals surface area contributed by atoms with Crippen molar-refractivity contribution < 1.29 is 17.9 Å². The van der Waals surface area contributed by atoms with Crippen LogP contribution in [0.1, 0.15) is 12.6 Å². The predicted molar refractivity (Wildman–Crippen MR) is 76.1 cm³/mol. The van der Waals surface area contributed by atoms with E-state index in [9.17, 15) is 13.2 Å². The molecule has 21 heavy (non-hydrogen) atoms. The second kappa shape index (κ2) is 6.38. The first kappa shape index (κ1) is 15.7. The van der Waals surface area contributed by atoms with E-state index >= 15 is 0 Å². The molecule has 0 unspecified atom stereocenters. The van der Waals surface area contributed by atoms with Gasteiger partial charge in [-0.25, -0.2) is 0 Å². The van der Waals surface area contributed by atoms with Gasteiger partial charge in [0.25, 0.3) is 0 Å². The molecule has 0 radical (unpaired) electrons. The minimum Gasteiger partial charge on any atom is -0.405 e. The van der Waals surface area contributed by atoms with Crippen molar-refractivity contribution in [3.05, 3.63) is 40.6 Å². The summed E-state index contributed by atoms with van der Waals surface area (Å²) >= 11 is 3.06. The Morgan fingerprint density at radius 2 is 2.10 bits per heavy atom. The van der Waals surface area contributed by atoms with Gasteiger partial charge in [0.2, 0.25) is 0 Å². The van der Waals surface area contributed by atoms with Crippen LogP contribution in [-0.2, 0) is 13.1 Å². The van der Waals surface area contributed by atoms with E-state index < -0.39 is 6.36 Å². The van der Waals surface area contributed by atoms with Crippen LogP contribution in [0, 0.1) is 0 Å². The fourth-order valence-corrected chi connectivity index (χ4v) is 2.27. The number of ether oxygens (including phenoxy) is 1. The highest BCUT2D eigenvalue weighted by Crippen LogP contribution is 2.32. The molecule has 0 aliphatic heterocycles. The number of anilines is 1. The second-order valence-electron chi connectivity index (χ2n) is 4.18. The molecule has 0 bridgehead atoms. The molecule has 0 amide bonds. The summed E-state index contributed by atoms with van der Waals surface area (Å²) in [4.78, 5) is 0. The lowest BCUT2D eigenvalue weighted by molar-refractivity contribution is -0.274. The Morgan fingerprint density at radius 1 is 1.33 bits per heavy atom. The molecule has 0 atom stereocenters. The summed E-state index contributed by atoms with van der Waals surface area (Å²) in [6.45, 7) is 3.27. The number of hydrogen-bond acceptors (Lipinski definition) is 3. The predicted octanol–water partition coefficient (Wildman–Crippen LogP) is 4.18. The lowest BCUT2D eigenvalue weighted by Gasteiger charge is -2.13. The average Bonchev–Trinajstić information content (AvgIpc) is 2.85. The molecule has 0 spiro atoms. The number of nitrogens with one attached hydrogen (secondary N) is 1. The van der Waals surface area contributed by atoms with Crippen molar-refractivity contribution in [2.75, 3.05) is 5.32 Å². The van der Waals surface area contributed by atoms with E-state index in [0.717, 1.165) is 12.2 Å². The van der Waals surface area contributed by atoms with Crippen LogP contribution in [-0.4, -0.2) is 16.1 Å². The van der Waals surface area contributed by atoms with Crippen LogP contribution >= 0.6 is 15.9 Å². The molecule has 0 aliphatic carbocycles. The van der Waals surface area contributed by atoms with Crippen LogP contribution in [0.4, 0.5) is 18.9 Å². The van der Waals surface area contributed by atoms with Gasteiger partial charge in [0, 0.05) is 18.4 Å².